The maximum atomic E-state index is 12.2. The Hall–Kier alpha value is -1.26. The number of nitrogens with one attached hydrogen (secondary N) is 1. The van der Waals surface area contributed by atoms with Crippen LogP contribution < -0.4 is 11.1 Å². The van der Waals surface area contributed by atoms with Gasteiger partial charge in [0.1, 0.15) is 4.88 Å². The third-order valence-electron chi connectivity index (χ3n) is 3.67. The van der Waals surface area contributed by atoms with E-state index < -0.39 is 0 Å². The van der Waals surface area contributed by atoms with Crippen molar-refractivity contribution >= 4 is 44.6 Å². The topological polar surface area (TPSA) is 55.1 Å². The molecule has 100 valence electrons. The average molecular weight is 295 g/mol. The van der Waals surface area contributed by atoms with E-state index >= 15 is 0 Å². The molecule has 0 spiro atoms. The van der Waals surface area contributed by atoms with Crippen molar-refractivity contribution in [3.8, 4) is 0 Å². The summed E-state index contributed by atoms with van der Waals surface area (Å²) in [5.74, 6) is 0.579. The molecule has 1 saturated carbocycles. The second kappa shape index (κ2) is 5.02. The van der Waals surface area contributed by atoms with Crippen LogP contribution in [0.1, 0.15) is 28.9 Å². The molecule has 3 N–H and O–H groups in total. The normalized spacial score (nSPS) is 15.4. The fraction of sp³-hybridized carbons (Fsp3) is 0.357. The van der Waals surface area contributed by atoms with Gasteiger partial charge >= 0.3 is 0 Å². The molecule has 1 aliphatic rings. The maximum absolute atomic E-state index is 12.2. The molecule has 3 rings (SSSR count). The molecule has 1 heterocycles. The van der Waals surface area contributed by atoms with E-state index in [0.29, 0.717) is 21.5 Å². The van der Waals surface area contributed by atoms with Crippen LogP contribution in [0.15, 0.2) is 18.2 Å². The Morgan fingerprint density at radius 2 is 2.26 bits per heavy atom. The Kier molecular flexibility index (Phi) is 3.37. The Balaban J connectivity index is 1.83. The predicted octanol–water partition coefficient (Wildman–Crippen LogP) is 3.67. The third kappa shape index (κ3) is 2.42. The Morgan fingerprint density at radius 1 is 1.47 bits per heavy atom. The summed E-state index contributed by atoms with van der Waals surface area (Å²) in [7, 11) is 0. The predicted molar refractivity (Wildman–Crippen MR) is 80.9 cm³/mol. The highest BCUT2D eigenvalue weighted by Gasteiger charge is 2.20. The molecule has 0 atom stereocenters. The van der Waals surface area contributed by atoms with Crippen molar-refractivity contribution < 1.29 is 4.79 Å². The number of fused-ring (bicyclic) bond motifs is 1. The lowest BCUT2D eigenvalue weighted by Crippen LogP contribution is -2.32. The van der Waals surface area contributed by atoms with Gasteiger partial charge in [0, 0.05) is 21.7 Å². The van der Waals surface area contributed by atoms with Gasteiger partial charge in [0.15, 0.2) is 0 Å². The van der Waals surface area contributed by atoms with Crippen LogP contribution in [0.2, 0.25) is 5.02 Å². The molecule has 1 aromatic carbocycles. The summed E-state index contributed by atoms with van der Waals surface area (Å²) in [4.78, 5) is 12.7. The number of carbonyl (C=O) groups excluding carboxylic acids is 1. The van der Waals surface area contributed by atoms with Crippen LogP contribution in [0, 0.1) is 5.92 Å². The summed E-state index contributed by atoms with van der Waals surface area (Å²) in [6.45, 7) is 0.757. The van der Waals surface area contributed by atoms with Crippen LogP contribution in [0.3, 0.4) is 0 Å². The fourth-order valence-electron chi connectivity index (χ4n) is 2.27. The molecule has 0 aliphatic heterocycles. The molecule has 1 aliphatic carbocycles. The van der Waals surface area contributed by atoms with Gasteiger partial charge in [0.2, 0.25) is 0 Å². The van der Waals surface area contributed by atoms with E-state index in [0.717, 1.165) is 16.6 Å². The van der Waals surface area contributed by atoms with Crippen LogP contribution in [0.5, 0.6) is 0 Å². The molecule has 0 radical (unpaired) electrons. The number of thiophene rings is 1. The van der Waals surface area contributed by atoms with E-state index in [9.17, 15) is 4.79 Å². The largest absolute Gasteiger partial charge is 0.397 e. The number of anilines is 1. The van der Waals surface area contributed by atoms with Crippen LogP contribution in [-0.4, -0.2) is 12.5 Å². The molecule has 0 saturated heterocycles. The smallest absolute Gasteiger partial charge is 0.263 e. The van der Waals surface area contributed by atoms with Crippen molar-refractivity contribution in [2.24, 2.45) is 5.92 Å². The van der Waals surface area contributed by atoms with E-state index in [4.69, 9.17) is 17.3 Å². The van der Waals surface area contributed by atoms with E-state index in [2.05, 4.69) is 5.32 Å². The van der Waals surface area contributed by atoms with Crippen LogP contribution in [0.25, 0.3) is 10.1 Å². The lowest BCUT2D eigenvalue weighted by molar-refractivity contribution is 0.0944. The minimum atomic E-state index is -0.0678. The van der Waals surface area contributed by atoms with Gasteiger partial charge in [-0.1, -0.05) is 18.0 Å². The number of rotatable bonds is 3. The van der Waals surface area contributed by atoms with Gasteiger partial charge in [-0.15, -0.1) is 11.3 Å². The number of amides is 1. The highest BCUT2D eigenvalue weighted by Crippen LogP contribution is 2.35. The van der Waals surface area contributed by atoms with Crippen molar-refractivity contribution in [1.29, 1.82) is 0 Å². The first-order valence-corrected chi connectivity index (χ1v) is 7.60. The van der Waals surface area contributed by atoms with Crippen LogP contribution in [0.4, 0.5) is 5.69 Å². The second-order valence-electron chi connectivity index (χ2n) is 4.99. The zero-order chi connectivity index (χ0) is 13.4. The Labute approximate surface area is 120 Å². The van der Waals surface area contributed by atoms with E-state index in [-0.39, 0.29) is 5.91 Å². The number of halogens is 1. The van der Waals surface area contributed by atoms with E-state index in [1.165, 1.54) is 30.6 Å². The van der Waals surface area contributed by atoms with Crippen LogP contribution >= 0.6 is 22.9 Å². The average Bonchev–Trinajstić information content (AvgIpc) is 2.65. The molecular weight excluding hydrogens is 280 g/mol. The molecule has 19 heavy (non-hydrogen) atoms. The van der Waals surface area contributed by atoms with Crippen LogP contribution in [-0.2, 0) is 0 Å². The number of benzene rings is 1. The van der Waals surface area contributed by atoms with Crippen molar-refractivity contribution in [1.82, 2.24) is 5.32 Å². The molecular formula is C14H15ClN2OS. The molecule has 1 amide bonds. The summed E-state index contributed by atoms with van der Waals surface area (Å²) in [6, 6.07) is 5.53. The summed E-state index contributed by atoms with van der Waals surface area (Å²) in [6.07, 6.45) is 3.72. The summed E-state index contributed by atoms with van der Waals surface area (Å²) < 4.78 is 0.996. The van der Waals surface area contributed by atoms with Gasteiger partial charge in [-0.25, -0.2) is 0 Å². The van der Waals surface area contributed by atoms with Gasteiger partial charge in [0.05, 0.1) is 5.69 Å². The van der Waals surface area contributed by atoms with Gasteiger partial charge in [-0.2, -0.15) is 0 Å². The maximum Gasteiger partial charge on any atom is 0.263 e. The number of nitrogens with two attached hydrogens (primary N) is 1. The monoisotopic (exact) mass is 294 g/mol. The first-order valence-electron chi connectivity index (χ1n) is 6.41. The first kappa shape index (κ1) is 12.8. The van der Waals surface area contributed by atoms with E-state index in [1.54, 1.807) is 0 Å². The SMILES string of the molecule is Nc1c(C(=O)NCC2CCC2)sc2ccc(Cl)cc12. The zero-order valence-electron chi connectivity index (χ0n) is 10.4. The Morgan fingerprint density at radius 3 is 2.95 bits per heavy atom. The summed E-state index contributed by atoms with van der Waals surface area (Å²) in [5, 5.41) is 4.48. The standard InChI is InChI=1S/C14H15ClN2OS/c15-9-4-5-11-10(6-9)12(16)13(19-11)14(18)17-7-8-2-1-3-8/h4-6,8H,1-3,7,16H2,(H,17,18). The molecule has 2 aromatic rings. The third-order valence-corrected chi connectivity index (χ3v) is 5.09. The van der Waals surface area contributed by atoms with Gasteiger partial charge in [-0.05, 0) is 37.0 Å². The minimum Gasteiger partial charge on any atom is -0.397 e. The molecule has 1 aromatic heterocycles. The van der Waals surface area contributed by atoms with Crippen molar-refractivity contribution in [2.45, 2.75) is 19.3 Å². The lowest BCUT2D eigenvalue weighted by atomic mass is 9.85. The van der Waals surface area contributed by atoms with Crippen molar-refractivity contribution in [3.63, 3.8) is 0 Å². The molecule has 0 bridgehead atoms. The van der Waals surface area contributed by atoms with Gasteiger partial charge in [0.25, 0.3) is 5.91 Å². The highest BCUT2D eigenvalue weighted by molar-refractivity contribution is 7.21. The van der Waals surface area contributed by atoms with Crippen molar-refractivity contribution in [3.05, 3.63) is 28.1 Å². The number of hydrogen-bond acceptors (Lipinski definition) is 3. The fourth-order valence-corrected chi connectivity index (χ4v) is 3.46. The summed E-state index contributed by atoms with van der Waals surface area (Å²) >= 11 is 7.38. The molecule has 0 unspecified atom stereocenters. The number of hydrogen-bond donors (Lipinski definition) is 2. The lowest BCUT2D eigenvalue weighted by Gasteiger charge is -2.25. The zero-order valence-corrected chi connectivity index (χ0v) is 12.0. The quantitative estimate of drug-likeness (QED) is 0.907. The molecule has 3 nitrogen and oxygen atoms in total. The van der Waals surface area contributed by atoms with E-state index in [1.807, 2.05) is 18.2 Å². The first-order chi connectivity index (χ1) is 9.15. The second-order valence-corrected chi connectivity index (χ2v) is 6.48. The van der Waals surface area contributed by atoms with Gasteiger partial charge in [-0.3, -0.25) is 4.79 Å². The summed E-state index contributed by atoms with van der Waals surface area (Å²) in [5.41, 5.74) is 6.59. The molecule has 1 fully saturated rings. The number of nitrogen functional groups attached to an aromatic ring is 1. The molecule has 5 heteroatoms. The Bertz CT molecular complexity index is 634. The minimum absolute atomic E-state index is 0.0678. The van der Waals surface area contributed by atoms with Gasteiger partial charge < -0.3 is 11.1 Å². The van der Waals surface area contributed by atoms with Crippen molar-refractivity contribution in [2.75, 3.05) is 12.3 Å². The highest BCUT2D eigenvalue weighted by atomic mass is 35.5. The number of carbonyl (C=O) groups is 1.